The van der Waals surface area contributed by atoms with Gasteiger partial charge in [-0.2, -0.15) is 0 Å². The van der Waals surface area contributed by atoms with Gasteiger partial charge in [-0.05, 0) is 11.1 Å². The van der Waals surface area contributed by atoms with Crippen LogP contribution in [0.2, 0.25) is 0 Å². The Morgan fingerprint density at radius 1 is 0.800 bits per heavy atom. The molecular weight excluding hydrogens is 388 g/mol. The second-order valence-corrected chi connectivity index (χ2v) is 6.99. The Labute approximate surface area is 175 Å². The molecule has 2 aromatic carbocycles. The molecule has 0 radical (unpaired) electrons. The molecule has 0 amide bonds. The van der Waals surface area contributed by atoms with Crippen LogP contribution in [0.25, 0.3) is 0 Å². The van der Waals surface area contributed by atoms with Gasteiger partial charge < -0.3 is 23.7 Å². The zero-order valence-corrected chi connectivity index (χ0v) is 17.1. The van der Waals surface area contributed by atoms with E-state index in [1.54, 1.807) is 0 Å². The number of rotatable bonds is 9. The Morgan fingerprint density at radius 3 is 1.93 bits per heavy atom. The van der Waals surface area contributed by atoms with Gasteiger partial charge in [0.2, 0.25) is 6.29 Å². The zero-order valence-electron chi connectivity index (χ0n) is 17.1. The van der Waals surface area contributed by atoms with Gasteiger partial charge >= 0.3 is 11.9 Å². The number of benzene rings is 2. The number of hydrogen-bond acceptors (Lipinski definition) is 7. The van der Waals surface area contributed by atoms with Gasteiger partial charge in [0.15, 0.2) is 6.10 Å². The Bertz CT molecular complexity index is 809. The normalized spacial score (nSPS) is 23.1. The van der Waals surface area contributed by atoms with Crippen LogP contribution in [0.4, 0.5) is 0 Å². The maximum absolute atomic E-state index is 11.7. The van der Waals surface area contributed by atoms with E-state index in [9.17, 15) is 9.59 Å². The SMILES string of the molecule is CC(=O)O[C@@H]1O[C@H](COCc2ccccc2)[C@H](OCc2ccccc2)[C@H]1OC(C)=O. The Hall–Kier alpha value is -2.74. The highest BCUT2D eigenvalue weighted by atomic mass is 16.7. The van der Waals surface area contributed by atoms with E-state index < -0.39 is 36.5 Å². The van der Waals surface area contributed by atoms with E-state index in [0.717, 1.165) is 11.1 Å². The molecule has 0 bridgehead atoms. The summed E-state index contributed by atoms with van der Waals surface area (Å²) in [4.78, 5) is 23.2. The average Bonchev–Trinajstić information content (AvgIpc) is 3.03. The van der Waals surface area contributed by atoms with E-state index in [4.69, 9.17) is 23.7 Å². The maximum Gasteiger partial charge on any atom is 0.305 e. The number of carbonyl (C=O) groups is 2. The van der Waals surface area contributed by atoms with E-state index in [-0.39, 0.29) is 13.2 Å². The summed E-state index contributed by atoms with van der Waals surface area (Å²) in [6.45, 7) is 3.42. The molecule has 0 N–H and O–H groups in total. The molecule has 7 heteroatoms. The van der Waals surface area contributed by atoms with Crippen molar-refractivity contribution in [2.45, 2.75) is 51.7 Å². The lowest BCUT2D eigenvalue weighted by Gasteiger charge is -2.23. The van der Waals surface area contributed by atoms with Gasteiger partial charge in [0.1, 0.15) is 12.2 Å². The van der Waals surface area contributed by atoms with Crippen LogP contribution >= 0.6 is 0 Å². The molecule has 0 aliphatic carbocycles. The molecule has 30 heavy (non-hydrogen) atoms. The average molecular weight is 414 g/mol. The van der Waals surface area contributed by atoms with Crippen molar-refractivity contribution in [1.82, 2.24) is 0 Å². The fourth-order valence-electron chi connectivity index (χ4n) is 3.24. The molecule has 1 aliphatic rings. The van der Waals surface area contributed by atoms with E-state index >= 15 is 0 Å². The summed E-state index contributed by atoms with van der Waals surface area (Å²) >= 11 is 0. The first-order chi connectivity index (χ1) is 14.5. The van der Waals surface area contributed by atoms with E-state index in [0.29, 0.717) is 6.61 Å². The Balaban J connectivity index is 1.70. The lowest BCUT2D eigenvalue weighted by molar-refractivity contribution is -0.197. The molecule has 1 saturated heterocycles. The second-order valence-electron chi connectivity index (χ2n) is 6.99. The number of ether oxygens (including phenoxy) is 5. The smallest absolute Gasteiger partial charge is 0.305 e. The lowest BCUT2D eigenvalue weighted by atomic mass is 10.1. The monoisotopic (exact) mass is 414 g/mol. The largest absolute Gasteiger partial charge is 0.453 e. The van der Waals surface area contributed by atoms with Crippen molar-refractivity contribution in [2.24, 2.45) is 0 Å². The molecular formula is C23H26O7. The molecule has 4 atom stereocenters. The van der Waals surface area contributed by atoms with Crippen molar-refractivity contribution in [3.63, 3.8) is 0 Å². The minimum absolute atomic E-state index is 0.184. The van der Waals surface area contributed by atoms with Crippen LogP contribution in [0.3, 0.4) is 0 Å². The molecule has 3 rings (SSSR count). The van der Waals surface area contributed by atoms with Crippen molar-refractivity contribution >= 4 is 11.9 Å². The highest BCUT2D eigenvalue weighted by molar-refractivity contribution is 5.67. The van der Waals surface area contributed by atoms with Crippen LogP contribution < -0.4 is 0 Å². The molecule has 0 unspecified atom stereocenters. The quantitative estimate of drug-likeness (QED) is 0.584. The van der Waals surface area contributed by atoms with Crippen LogP contribution in [0.5, 0.6) is 0 Å². The third-order valence-electron chi connectivity index (χ3n) is 4.53. The molecule has 1 heterocycles. The standard InChI is InChI=1S/C23H26O7/c1-16(24)28-22-21(27-14-19-11-7-4-8-12-19)20(30-23(22)29-17(2)25)15-26-13-18-9-5-3-6-10-18/h3-12,20-23H,13-15H2,1-2H3/t20-,21+,22-,23-/m1/s1. The summed E-state index contributed by atoms with van der Waals surface area (Å²) in [5.41, 5.74) is 1.98. The zero-order chi connectivity index (χ0) is 21.3. The maximum atomic E-state index is 11.7. The van der Waals surface area contributed by atoms with Gasteiger partial charge in [-0.1, -0.05) is 60.7 Å². The minimum atomic E-state index is -1.06. The molecule has 2 aromatic rings. The summed E-state index contributed by atoms with van der Waals surface area (Å²) in [6.07, 6.45) is -3.18. The van der Waals surface area contributed by atoms with Crippen LogP contribution in [0.1, 0.15) is 25.0 Å². The molecule has 1 aliphatic heterocycles. The molecule has 0 spiro atoms. The lowest BCUT2D eigenvalue weighted by Crippen LogP contribution is -2.41. The first-order valence-corrected chi connectivity index (χ1v) is 9.80. The van der Waals surface area contributed by atoms with Crippen LogP contribution in [0, 0.1) is 0 Å². The summed E-state index contributed by atoms with van der Waals surface area (Å²) in [5.74, 6) is -1.05. The Morgan fingerprint density at radius 2 is 1.37 bits per heavy atom. The third-order valence-corrected chi connectivity index (χ3v) is 4.53. The first kappa shape index (κ1) is 22.0. The topological polar surface area (TPSA) is 80.3 Å². The number of esters is 2. The fourth-order valence-corrected chi connectivity index (χ4v) is 3.24. The molecule has 7 nitrogen and oxygen atoms in total. The van der Waals surface area contributed by atoms with Gasteiger partial charge in [-0.25, -0.2) is 0 Å². The van der Waals surface area contributed by atoms with Gasteiger partial charge in [0.05, 0.1) is 19.8 Å². The highest BCUT2D eigenvalue weighted by Crippen LogP contribution is 2.29. The van der Waals surface area contributed by atoms with Crippen LogP contribution in [-0.4, -0.2) is 43.1 Å². The van der Waals surface area contributed by atoms with Crippen LogP contribution in [-0.2, 0) is 46.5 Å². The van der Waals surface area contributed by atoms with Crippen molar-refractivity contribution < 1.29 is 33.3 Å². The summed E-state index contributed by atoms with van der Waals surface area (Å²) < 4.78 is 28.3. The van der Waals surface area contributed by atoms with Crippen molar-refractivity contribution in [2.75, 3.05) is 6.61 Å². The van der Waals surface area contributed by atoms with E-state index in [2.05, 4.69) is 0 Å². The van der Waals surface area contributed by atoms with Crippen molar-refractivity contribution in [1.29, 1.82) is 0 Å². The van der Waals surface area contributed by atoms with E-state index in [1.807, 2.05) is 60.7 Å². The van der Waals surface area contributed by atoms with Gasteiger partial charge in [0.25, 0.3) is 0 Å². The van der Waals surface area contributed by atoms with Gasteiger partial charge in [-0.15, -0.1) is 0 Å². The third kappa shape index (κ3) is 6.38. The highest BCUT2D eigenvalue weighted by Gasteiger charge is 2.49. The first-order valence-electron chi connectivity index (χ1n) is 9.80. The van der Waals surface area contributed by atoms with Crippen LogP contribution in [0.15, 0.2) is 60.7 Å². The second kappa shape index (κ2) is 10.9. The summed E-state index contributed by atoms with van der Waals surface area (Å²) in [5, 5.41) is 0. The minimum Gasteiger partial charge on any atom is -0.453 e. The number of hydrogen-bond donors (Lipinski definition) is 0. The van der Waals surface area contributed by atoms with Gasteiger partial charge in [0, 0.05) is 13.8 Å². The predicted molar refractivity (Wildman–Crippen MR) is 107 cm³/mol. The summed E-state index contributed by atoms with van der Waals surface area (Å²) in [6, 6.07) is 19.3. The fraction of sp³-hybridized carbons (Fsp3) is 0.391. The molecule has 0 aromatic heterocycles. The molecule has 0 saturated carbocycles. The molecule has 1 fully saturated rings. The van der Waals surface area contributed by atoms with E-state index in [1.165, 1.54) is 13.8 Å². The number of carbonyl (C=O) groups excluding carboxylic acids is 2. The van der Waals surface area contributed by atoms with Gasteiger partial charge in [-0.3, -0.25) is 9.59 Å². The van der Waals surface area contributed by atoms with Crippen molar-refractivity contribution in [3.8, 4) is 0 Å². The van der Waals surface area contributed by atoms with Crippen molar-refractivity contribution in [3.05, 3.63) is 71.8 Å². The Kier molecular flexibility index (Phi) is 7.96. The summed E-state index contributed by atoms with van der Waals surface area (Å²) in [7, 11) is 0. The molecule has 160 valence electrons. The predicted octanol–water partition coefficient (Wildman–Crippen LogP) is 3.01.